The molecule has 1 unspecified atom stereocenters. The second kappa shape index (κ2) is 5.48. The van der Waals surface area contributed by atoms with Crippen LogP contribution in [0.2, 0.25) is 0 Å². The maximum atomic E-state index is 5.90. The van der Waals surface area contributed by atoms with Gasteiger partial charge in [-0.05, 0) is 63.7 Å². The van der Waals surface area contributed by atoms with Gasteiger partial charge in [-0.3, -0.25) is 4.90 Å². The van der Waals surface area contributed by atoms with E-state index in [9.17, 15) is 0 Å². The third-order valence-electron chi connectivity index (χ3n) is 2.99. The van der Waals surface area contributed by atoms with Crippen molar-refractivity contribution in [3.63, 3.8) is 0 Å². The average molecular weight is 368 g/mol. The zero-order valence-electron chi connectivity index (χ0n) is 9.25. The Labute approximate surface area is 117 Å². The number of nitrogens with two attached hydrogens (primary N) is 1. The second-order valence-electron chi connectivity index (χ2n) is 4.40. The van der Waals surface area contributed by atoms with E-state index in [4.69, 9.17) is 5.73 Å². The lowest BCUT2D eigenvalue weighted by molar-refractivity contribution is 0.243. The number of halogens is 2. The Morgan fingerprint density at radius 3 is 2.69 bits per heavy atom. The molecule has 0 radical (unpaired) electrons. The van der Waals surface area contributed by atoms with Crippen LogP contribution in [0.5, 0.6) is 0 Å². The Morgan fingerprint density at radius 1 is 1.56 bits per heavy atom. The van der Waals surface area contributed by atoms with Crippen LogP contribution in [0, 0.1) is 5.92 Å². The van der Waals surface area contributed by atoms with Crippen LogP contribution in [-0.4, -0.2) is 25.0 Å². The molecule has 0 saturated heterocycles. The molecule has 1 fully saturated rings. The Morgan fingerprint density at radius 2 is 2.25 bits per heavy atom. The molecular weight excluding hydrogens is 352 g/mol. The van der Waals surface area contributed by atoms with Crippen LogP contribution in [0.1, 0.15) is 23.8 Å². The molecule has 0 bridgehead atoms. The van der Waals surface area contributed by atoms with Gasteiger partial charge in [0, 0.05) is 22.4 Å². The van der Waals surface area contributed by atoms with Gasteiger partial charge in [0.15, 0.2) is 0 Å². The first kappa shape index (κ1) is 13.0. The molecule has 1 aliphatic rings. The first-order chi connectivity index (χ1) is 7.61. The molecule has 5 heteroatoms. The molecule has 0 aliphatic heterocycles. The monoisotopic (exact) mass is 366 g/mol. The molecule has 1 aliphatic carbocycles. The van der Waals surface area contributed by atoms with Crippen molar-refractivity contribution in [1.29, 1.82) is 0 Å². The predicted molar refractivity (Wildman–Crippen MR) is 76.9 cm³/mol. The molecule has 1 aromatic rings. The highest BCUT2D eigenvalue weighted by Gasteiger charge is 2.27. The van der Waals surface area contributed by atoms with Crippen molar-refractivity contribution in [2.75, 3.05) is 20.1 Å². The summed E-state index contributed by atoms with van der Waals surface area (Å²) in [7, 11) is 2.18. The molecule has 0 aromatic carbocycles. The highest BCUT2D eigenvalue weighted by molar-refractivity contribution is 9.13. The van der Waals surface area contributed by atoms with Crippen LogP contribution >= 0.6 is 43.2 Å². The lowest BCUT2D eigenvalue weighted by Crippen LogP contribution is -2.31. The van der Waals surface area contributed by atoms with Crippen LogP contribution in [0.15, 0.2) is 14.3 Å². The Kier molecular flexibility index (Phi) is 4.46. The van der Waals surface area contributed by atoms with Crippen LogP contribution in [0.25, 0.3) is 0 Å². The van der Waals surface area contributed by atoms with Gasteiger partial charge in [-0.25, -0.2) is 0 Å². The van der Waals surface area contributed by atoms with Crippen LogP contribution in [0.3, 0.4) is 0 Å². The van der Waals surface area contributed by atoms with Gasteiger partial charge >= 0.3 is 0 Å². The van der Waals surface area contributed by atoms with E-state index in [1.54, 1.807) is 11.3 Å². The second-order valence-corrected chi connectivity index (χ2v) is 7.66. The van der Waals surface area contributed by atoms with Gasteiger partial charge in [0.2, 0.25) is 0 Å². The van der Waals surface area contributed by atoms with Gasteiger partial charge in [0.25, 0.3) is 0 Å². The zero-order valence-corrected chi connectivity index (χ0v) is 13.2. The molecular formula is C11H16Br2N2S. The molecule has 1 aromatic heterocycles. The molecule has 2 rings (SSSR count). The lowest BCUT2D eigenvalue weighted by Gasteiger charge is -2.25. The van der Waals surface area contributed by atoms with E-state index in [1.807, 2.05) is 0 Å². The van der Waals surface area contributed by atoms with E-state index in [0.29, 0.717) is 12.6 Å². The number of thiophene rings is 1. The van der Waals surface area contributed by atoms with Crippen molar-refractivity contribution in [2.45, 2.75) is 18.9 Å². The minimum absolute atomic E-state index is 0.355. The van der Waals surface area contributed by atoms with Gasteiger partial charge in [-0.1, -0.05) is 0 Å². The van der Waals surface area contributed by atoms with Gasteiger partial charge in [0.1, 0.15) is 0 Å². The van der Waals surface area contributed by atoms with Crippen molar-refractivity contribution in [2.24, 2.45) is 11.7 Å². The maximum Gasteiger partial charge on any atom is 0.0843 e. The van der Waals surface area contributed by atoms with Gasteiger partial charge in [-0.15, -0.1) is 11.3 Å². The molecule has 0 amide bonds. The van der Waals surface area contributed by atoms with Crippen molar-refractivity contribution in [3.05, 3.63) is 19.2 Å². The standard InChI is InChI=1S/C11H16Br2N2S/c1-15(6-7-2-3-7)9(5-14)10-4-8(12)11(13)16-10/h4,7,9H,2-3,5-6,14H2,1H3. The minimum atomic E-state index is 0.355. The van der Waals surface area contributed by atoms with Crippen LogP contribution < -0.4 is 5.73 Å². The number of hydrogen-bond acceptors (Lipinski definition) is 3. The normalized spacial score (nSPS) is 18.1. The van der Waals surface area contributed by atoms with E-state index in [-0.39, 0.29) is 0 Å². The number of nitrogens with zero attached hydrogens (tertiary/aromatic N) is 1. The van der Waals surface area contributed by atoms with E-state index in [0.717, 1.165) is 14.2 Å². The zero-order chi connectivity index (χ0) is 11.7. The molecule has 2 N–H and O–H groups in total. The maximum absolute atomic E-state index is 5.90. The summed E-state index contributed by atoms with van der Waals surface area (Å²) < 4.78 is 2.28. The topological polar surface area (TPSA) is 29.3 Å². The first-order valence-electron chi connectivity index (χ1n) is 5.47. The van der Waals surface area contributed by atoms with Crippen molar-refractivity contribution >= 4 is 43.2 Å². The summed E-state index contributed by atoms with van der Waals surface area (Å²) >= 11 is 8.84. The number of rotatable bonds is 5. The molecule has 16 heavy (non-hydrogen) atoms. The van der Waals surface area contributed by atoms with Crippen LogP contribution in [0.4, 0.5) is 0 Å². The molecule has 90 valence electrons. The summed E-state index contributed by atoms with van der Waals surface area (Å²) in [5.74, 6) is 0.908. The average Bonchev–Trinajstić information content (AvgIpc) is 2.96. The molecule has 1 saturated carbocycles. The molecule has 2 nitrogen and oxygen atoms in total. The SMILES string of the molecule is CN(CC1CC1)C(CN)c1cc(Br)c(Br)s1. The molecule has 1 atom stereocenters. The number of hydrogen-bond donors (Lipinski definition) is 1. The summed E-state index contributed by atoms with van der Waals surface area (Å²) in [6, 6.07) is 2.53. The fraction of sp³-hybridized carbons (Fsp3) is 0.636. The van der Waals surface area contributed by atoms with E-state index in [2.05, 4.69) is 49.9 Å². The highest BCUT2D eigenvalue weighted by atomic mass is 79.9. The Bertz CT molecular complexity index is 343. The first-order valence-corrected chi connectivity index (χ1v) is 7.87. The number of likely N-dealkylation sites (N-methyl/N-ethyl adjacent to an activating group) is 1. The Hall–Kier alpha value is 0.580. The fourth-order valence-electron chi connectivity index (χ4n) is 1.88. The van der Waals surface area contributed by atoms with E-state index >= 15 is 0 Å². The summed E-state index contributed by atoms with van der Waals surface area (Å²) in [6.45, 7) is 1.86. The predicted octanol–water partition coefficient (Wildman–Crippen LogP) is 3.61. The quantitative estimate of drug-likeness (QED) is 0.861. The summed E-state index contributed by atoms with van der Waals surface area (Å²) in [4.78, 5) is 3.73. The van der Waals surface area contributed by atoms with Crippen molar-refractivity contribution in [3.8, 4) is 0 Å². The van der Waals surface area contributed by atoms with E-state index < -0.39 is 0 Å². The van der Waals surface area contributed by atoms with Gasteiger partial charge < -0.3 is 5.73 Å². The molecule has 0 spiro atoms. The summed E-state index contributed by atoms with van der Waals surface area (Å²) in [5, 5.41) is 0. The fourth-order valence-corrected chi connectivity index (χ4v) is 4.14. The van der Waals surface area contributed by atoms with Crippen molar-refractivity contribution in [1.82, 2.24) is 4.90 Å². The summed E-state index contributed by atoms with van der Waals surface area (Å²) in [5.41, 5.74) is 5.90. The Balaban J connectivity index is 2.07. The van der Waals surface area contributed by atoms with E-state index in [1.165, 1.54) is 24.3 Å². The van der Waals surface area contributed by atoms with Crippen molar-refractivity contribution < 1.29 is 0 Å². The third kappa shape index (κ3) is 3.07. The van der Waals surface area contributed by atoms with Gasteiger partial charge in [0.05, 0.1) is 9.83 Å². The molecule has 1 heterocycles. The lowest BCUT2D eigenvalue weighted by atomic mass is 10.2. The third-order valence-corrected chi connectivity index (χ3v) is 6.35. The van der Waals surface area contributed by atoms with Gasteiger partial charge in [-0.2, -0.15) is 0 Å². The smallest absolute Gasteiger partial charge is 0.0843 e. The largest absolute Gasteiger partial charge is 0.329 e. The highest BCUT2D eigenvalue weighted by Crippen LogP contribution is 2.38. The summed E-state index contributed by atoms with van der Waals surface area (Å²) in [6.07, 6.45) is 2.78. The minimum Gasteiger partial charge on any atom is -0.329 e. The van der Waals surface area contributed by atoms with Crippen LogP contribution in [-0.2, 0) is 0 Å².